The van der Waals surface area contributed by atoms with Crippen molar-refractivity contribution >= 4 is 28.2 Å². The van der Waals surface area contributed by atoms with E-state index in [0.717, 1.165) is 33.3 Å². The second-order valence-electron chi connectivity index (χ2n) is 10.3. The Morgan fingerprint density at radius 2 is 1.64 bits per heavy atom. The highest BCUT2D eigenvalue weighted by Gasteiger charge is 2.28. The fraction of sp³-hybridized carbons (Fsp3) is 0.147. The highest BCUT2D eigenvalue weighted by molar-refractivity contribution is 6.06. The van der Waals surface area contributed by atoms with E-state index in [1.54, 1.807) is 23.2 Å². The van der Waals surface area contributed by atoms with Crippen molar-refractivity contribution < 1.29 is 13.9 Å². The topological polar surface area (TPSA) is 86.3 Å². The molecule has 1 fully saturated rings. The number of aromatic nitrogens is 3. The lowest BCUT2D eigenvalue weighted by Gasteiger charge is -2.32. The van der Waals surface area contributed by atoms with Crippen molar-refractivity contribution in [3.05, 3.63) is 121 Å². The number of nitrogens with two attached hydrogens (primary N) is 1. The van der Waals surface area contributed by atoms with Crippen LogP contribution in [0.3, 0.4) is 0 Å². The van der Waals surface area contributed by atoms with E-state index in [1.807, 2.05) is 59.3 Å². The van der Waals surface area contributed by atoms with Crippen LogP contribution >= 0.6 is 0 Å². The summed E-state index contributed by atoms with van der Waals surface area (Å²) in [6.07, 6.45) is 4.48. The summed E-state index contributed by atoms with van der Waals surface area (Å²) in [4.78, 5) is 18.6. The van der Waals surface area contributed by atoms with E-state index >= 15 is 0 Å². The van der Waals surface area contributed by atoms with Gasteiger partial charge in [0.2, 0.25) is 5.91 Å². The first kappa shape index (κ1) is 27.0. The smallest absolute Gasteiger partial charge is 0.245 e. The van der Waals surface area contributed by atoms with Gasteiger partial charge in [0.1, 0.15) is 28.8 Å². The molecule has 7 nitrogen and oxygen atoms in total. The number of carbonyl (C=O) groups excluding carboxylic acids is 1. The second-order valence-corrected chi connectivity index (χ2v) is 10.3. The molecule has 0 saturated carbocycles. The largest absolute Gasteiger partial charge is 0.457 e. The summed E-state index contributed by atoms with van der Waals surface area (Å²) in [5.41, 5.74) is 11.1. The van der Waals surface area contributed by atoms with Gasteiger partial charge >= 0.3 is 0 Å². The predicted octanol–water partition coefficient (Wildman–Crippen LogP) is 7.02. The number of benzene rings is 3. The lowest BCUT2D eigenvalue weighted by atomic mass is 9.97. The summed E-state index contributed by atoms with van der Waals surface area (Å²) in [7, 11) is 0. The molecule has 2 aromatic heterocycles. The maximum atomic E-state index is 13.7. The average Bonchev–Trinajstić information content (AvgIpc) is 3.43. The molecule has 8 heteroatoms. The summed E-state index contributed by atoms with van der Waals surface area (Å²) in [5.74, 6) is 1.41. The fourth-order valence-corrected chi connectivity index (χ4v) is 5.45. The number of para-hydroxylation sites is 1. The summed E-state index contributed by atoms with van der Waals surface area (Å²) < 4.78 is 21.7. The molecule has 0 bridgehead atoms. The van der Waals surface area contributed by atoms with Crippen molar-refractivity contribution in [2.45, 2.75) is 18.9 Å². The number of piperidine rings is 1. The lowest BCUT2D eigenvalue weighted by molar-refractivity contribution is -0.127. The van der Waals surface area contributed by atoms with E-state index in [0.29, 0.717) is 48.8 Å². The SMILES string of the molecule is C=CC(=O)N1CCC(n2nc(-c3ccc(Oc4ccccc4)cc3)c3c(N)ncc(C(=C)c4ccc(F)cc4)c32)CC1. The molecule has 5 aromatic rings. The summed E-state index contributed by atoms with van der Waals surface area (Å²) in [6, 6.07) is 23.5. The fourth-order valence-electron chi connectivity index (χ4n) is 5.45. The predicted molar refractivity (Wildman–Crippen MR) is 163 cm³/mol. The van der Waals surface area contributed by atoms with Gasteiger partial charge < -0.3 is 15.4 Å². The van der Waals surface area contributed by atoms with Gasteiger partial charge in [0.25, 0.3) is 0 Å². The van der Waals surface area contributed by atoms with Crippen molar-refractivity contribution in [2.75, 3.05) is 18.8 Å². The third-order valence-corrected chi connectivity index (χ3v) is 7.68. The van der Waals surface area contributed by atoms with Crippen LogP contribution in [0, 0.1) is 5.82 Å². The lowest BCUT2D eigenvalue weighted by Crippen LogP contribution is -2.38. The minimum atomic E-state index is -0.319. The highest BCUT2D eigenvalue weighted by Crippen LogP contribution is 2.40. The standard InChI is InChI=1S/C34H30FN5O2/c1-3-30(41)39-19-17-26(18-20-39)40-33-29(22(2)23-9-13-25(35)14-10-23)21-37-34(36)31(33)32(38-40)24-11-15-28(16-12-24)42-27-7-5-4-6-8-27/h3-16,21,26H,1-2,17-20H2,(H2,36,37). The molecular formula is C34H30FN5O2. The molecule has 2 N–H and O–H groups in total. The average molecular weight is 560 g/mol. The summed E-state index contributed by atoms with van der Waals surface area (Å²) >= 11 is 0. The molecule has 42 heavy (non-hydrogen) atoms. The van der Waals surface area contributed by atoms with Crippen molar-refractivity contribution in [1.82, 2.24) is 19.7 Å². The highest BCUT2D eigenvalue weighted by atomic mass is 19.1. The van der Waals surface area contributed by atoms with Crippen molar-refractivity contribution in [2.24, 2.45) is 0 Å². The Morgan fingerprint density at radius 1 is 0.976 bits per heavy atom. The van der Waals surface area contributed by atoms with Crippen LogP contribution in [0.15, 0.2) is 104 Å². The molecule has 1 aliphatic rings. The molecule has 210 valence electrons. The minimum absolute atomic E-state index is 0.0115. The zero-order valence-electron chi connectivity index (χ0n) is 23.0. The molecule has 1 saturated heterocycles. The molecule has 3 heterocycles. The van der Waals surface area contributed by atoms with Crippen LogP contribution in [0.4, 0.5) is 10.2 Å². The Balaban J connectivity index is 1.45. The minimum Gasteiger partial charge on any atom is -0.457 e. The normalized spacial score (nSPS) is 13.7. The second kappa shape index (κ2) is 11.3. The van der Waals surface area contributed by atoms with Crippen LogP contribution in [0.25, 0.3) is 27.7 Å². The van der Waals surface area contributed by atoms with Gasteiger partial charge in [-0.3, -0.25) is 9.48 Å². The van der Waals surface area contributed by atoms with Gasteiger partial charge in [-0.05, 0) is 78.6 Å². The number of likely N-dealkylation sites (tertiary alicyclic amines) is 1. The number of pyridine rings is 1. The molecule has 1 amide bonds. The zero-order valence-corrected chi connectivity index (χ0v) is 23.0. The van der Waals surface area contributed by atoms with Gasteiger partial charge in [-0.15, -0.1) is 0 Å². The number of rotatable bonds is 7. The van der Waals surface area contributed by atoms with Gasteiger partial charge in [-0.2, -0.15) is 5.10 Å². The maximum absolute atomic E-state index is 13.7. The molecule has 1 aliphatic heterocycles. The number of amides is 1. The number of nitrogens with zero attached hydrogens (tertiary/aromatic N) is 4. The van der Waals surface area contributed by atoms with Crippen LogP contribution < -0.4 is 10.5 Å². The van der Waals surface area contributed by atoms with Crippen molar-refractivity contribution in [3.8, 4) is 22.8 Å². The van der Waals surface area contributed by atoms with Crippen LogP contribution in [0.5, 0.6) is 11.5 Å². The Kier molecular flexibility index (Phi) is 7.27. The number of hydrogen-bond donors (Lipinski definition) is 1. The van der Waals surface area contributed by atoms with Crippen molar-refractivity contribution in [1.29, 1.82) is 0 Å². The van der Waals surface area contributed by atoms with Gasteiger partial charge in [0.15, 0.2) is 0 Å². The molecule has 0 spiro atoms. The molecule has 0 unspecified atom stereocenters. The van der Waals surface area contributed by atoms with Crippen LogP contribution in [-0.2, 0) is 4.79 Å². The van der Waals surface area contributed by atoms with Crippen LogP contribution in [0.2, 0.25) is 0 Å². The monoisotopic (exact) mass is 559 g/mol. The van der Waals surface area contributed by atoms with E-state index in [1.165, 1.54) is 18.2 Å². The first-order chi connectivity index (χ1) is 20.4. The molecule has 0 radical (unpaired) electrons. The number of anilines is 1. The van der Waals surface area contributed by atoms with Gasteiger partial charge in [-0.1, -0.05) is 43.5 Å². The van der Waals surface area contributed by atoms with E-state index in [-0.39, 0.29) is 17.8 Å². The third kappa shape index (κ3) is 5.14. The molecular weight excluding hydrogens is 529 g/mol. The Labute approximate surface area is 243 Å². The molecule has 0 aliphatic carbocycles. The Hall–Kier alpha value is -5.24. The molecule has 6 rings (SSSR count). The van der Waals surface area contributed by atoms with Crippen LogP contribution in [0.1, 0.15) is 30.0 Å². The van der Waals surface area contributed by atoms with E-state index in [9.17, 15) is 9.18 Å². The third-order valence-electron chi connectivity index (χ3n) is 7.68. The summed E-state index contributed by atoms with van der Waals surface area (Å²) in [6.45, 7) is 9.15. The first-order valence-electron chi connectivity index (χ1n) is 13.8. The molecule has 3 aromatic carbocycles. The first-order valence-corrected chi connectivity index (χ1v) is 13.8. The van der Waals surface area contributed by atoms with Crippen molar-refractivity contribution in [3.63, 3.8) is 0 Å². The summed E-state index contributed by atoms with van der Waals surface area (Å²) in [5, 5.41) is 5.85. The quantitative estimate of drug-likeness (QED) is 0.217. The Morgan fingerprint density at radius 3 is 2.31 bits per heavy atom. The number of carbonyl (C=O) groups is 1. The van der Waals surface area contributed by atoms with E-state index < -0.39 is 0 Å². The molecule has 0 atom stereocenters. The van der Waals surface area contributed by atoms with Gasteiger partial charge in [0.05, 0.1) is 16.9 Å². The number of fused-ring (bicyclic) bond motifs is 1. The zero-order chi connectivity index (χ0) is 29.2. The number of halogens is 1. The van der Waals surface area contributed by atoms with Gasteiger partial charge in [0, 0.05) is 30.4 Å². The van der Waals surface area contributed by atoms with E-state index in [2.05, 4.69) is 18.1 Å². The number of hydrogen-bond acceptors (Lipinski definition) is 5. The van der Waals surface area contributed by atoms with Crippen LogP contribution in [-0.4, -0.2) is 38.7 Å². The van der Waals surface area contributed by atoms with Gasteiger partial charge in [-0.25, -0.2) is 9.37 Å². The Bertz CT molecular complexity index is 1770. The maximum Gasteiger partial charge on any atom is 0.245 e. The number of nitrogen functional groups attached to an aromatic ring is 1. The van der Waals surface area contributed by atoms with E-state index in [4.69, 9.17) is 15.6 Å². The number of ether oxygens (including phenoxy) is 1.